The molecule has 0 atom stereocenters. The van der Waals surface area contributed by atoms with Crippen LogP contribution in [0.3, 0.4) is 0 Å². The molecule has 160 valence electrons. The summed E-state index contributed by atoms with van der Waals surface area (Å²) >= 11 is 0. The van der Waals surface area contributed by atoms with Crippen LogP contribution in [-0.2, 0) is 6.54 Å². The number of hydrogen-bond acceptors (Lipinski definition) is 3. The molecule has 0 spiro atoms. The third-order valence-electron chi connectivity index (χ3n) is 3.53. The highest BCUT2D eigenvalue weighted by Crippen LogP contribution is 2.24. The normalized spacial score (nSPS) is 11.8. The van der Waals surface area contributed by atoms with Crippen LogP contribution >= 0.6 is 24.0 Å². The number of guanidine groups is 1. The lowest BCUT2D eigenvalue weighted by molar-refractivity contribution is -0.153. The lowest BCUT2D eigenvalue weighted by Gasteiger charge is -2.13. The van der Waals surface area contributed by atoms with Crippen molar-refractivity contribution in [3.63, 3.8) is 0 Å². The molecule has 0 radical (unpaired) electrons. The van der Waals surface area contributed by atoms with E-state index in [0.29, 0.717) is 5.56 Å². The van der Waals surface area contributed by atoms with Gasteiger partial charge in [0.05, 0.1) is 12.6 Å². The van der Waals surface area contributed by atoms with E-state index in [4.69, 9.17) is 15.2 Å². The van der Waals surface area contributed by atoms with Crippen molar-refractivity contribution in [3.05, 3.63) is 53.6 Å². The number of nitrogens with two attached hydrogens (primary N) is 1. The Labute approximate surface area is 185 Å². The van der Waals surface area contributed by atoms with E-state index in [9.17, 15) is 13.2 Å². The smallest absolute Gasteiger partial charge is 0.422 e. The number of alkyl halides is 3. The first-order valence-electron chi connectivity index (χ1n) is 8.75. The van der Waals surface area contributed by atoms with Gasteiger partial charge in [-0.15, -0.1) is 24.0 Å². The molecule has 2 aromatic carbocycles. The Kier molecular flexibility index (Phi) is 9.54. The van der Waals surface area contributed by atoms with Crippen molar-refractivity contribution >= 4 is 35.6 Å². The lowest BCUT2D eigenvalue weighted by Crippen LogP contribution is -2.23. The number of halogens is 4. The van der Waals surface area contributed by atoms with Crippen molar-refractivity contribution in [1.29, 1.82) is 0 Å². The van der Waals surface area contributed by atoms with Crippen molar-refractivity contribution in [3.8, 4) is 11.5 Å². The first kappa shape index (κ1) is 24.9. The van der Waals surface area contributed by atoms with Gasteiger partial charge in [-0.25, -0.2) is 4.99 Å². The largest absolute Gasteiger partial charge is 0.491 e. The number of benzene rings is 2. The van der Waals surface area contributed by atoms with Gasteiger partial charge in [-0.05, 0) is 56.7 Å². The molecule has 3 N–H and O–H groups in total. The SMILES string of the molecule is Cc1ccc(CN=C(N)Nc2ccc(OC(C)C)cc2)c(OCC(F)(F)F)c1.I. The molecule has 2 aromatic rings. The highest BCUT2D eigenvalue weighted by molar-refractivity contribution is 14.0. The quantitative estimate of drug-likeness (QED) is 0.295. The Bertz CT molecular complexity index is 810. The van der Waals surface area contributed by atoms with Crippen LogP contribution in [0.15, 0.2) is 47.5 Å². The van der Waals surface area contributed by atoms with Crippen LogP contribution in [0, 0.1) is 6.92 Å². The zero-order valence-electron chi connectivity index (χ0n) is 16.4. The average Bonchev–Trinajstić information content (AvgIpc) is 2.60. The predicted octanol–water partition coefficient (Wildman–Crippen LogP) is 5.27. The Morgan fingerprint density at radius 3 is 2.38 bits per heavy atom. The van der Waals surface area contributed by atoms with Crippen LogP contribution in [0.1, 0.15) is 25.0 Å². The van der Waals surface area contributed by atoms with Gasteiger partial charge >= 0.3 is 6.18 Å². The van der Waals surface area contributed by atoms with Gasteiger partial charge in [0.2, 0.25) is 0 Å². The summed E-state index contributed by atoms with van der Waals surface area (Å²) in [5, 5.41) is 2.93. The molecule has 0 saturated carbocycles. The number of hydrogen-bond donors (Lipinski definition) is 2. The van der Waals surface area contributed by atoms with Gasteiger partial charge in [0.1, 0.15) is 11.5 Å². The van der Waals surface area contributed by atoms with E-state index in [2.05, 4.69) is 10.3 Å². The fraction of sp³-hybridized carbons (Fsp3) is 0.350. The molecule has 5 nitrogen and oxygen atoms in total. The highest BCUT2D eigenvalue weighted by Gasteiger charge is 2.28. The van der Waals surface area contributed by atoms with Crippen LogP contribution in [0.2, 0.25) is 0 Å². The van der Waals surface area contributed by atoms with Crippen molar-refractivity contribution in [1.82, 2.24) is 0 Å². The van der Waals surface area contributed by atoms with E-state index in [1.165, 1.54) is 0 Å². The summed E-state index contributed by atoms with van der Waals surface area (Å²) in [4.78, 5) is 4.19. The molecule has 9 heteroatoms. The second-order valence-electron chi connectivity index (χ2n) is 6.53. The van der Waals surface area contributed by atoms with E-state index in [1.807, 2.05) is 13.8 Å². The van der Waals surface area contributed by atoms with E-state index in [0.717, 1.165) is 17.0 Å². The summed E-state index contributed by atoms with van der Waals surface area (Å²) in [7, 11) is 0. The first-order valence-corrected chi connectivity index (χ1v) is 8.75. The number of ether oxygens (including phenoxy) is 2. The summed E-state index contributed by atoms with van der Waals surface area (Å²) in [6.07, 6.45) is -4.33. The molecule has 0 saturated heterocycles. The summed E-state index contributed by atoms with van der Waals surface area (Å²) in [6, 6.07) is 12.2. The predicted molar refractivity (Wildman–Crippen MR) is 119 cm³/mol. The van der Waals surface area contributed by atoms with E-state index in [1.54, 1.807) is 49.4 Å². The van der Waals surface area contributed by atoms with Crippen LogP contribution in [0.25, 0.3) is 0 Å². The van der Waals surface area contributed by atoms with Crippen molar-refractivity contribution in [2.45, 2.75) is 39.6 Å². The topological polar surface area (TPSA) is 68.9 Å². The number of nitrogens with one attached hydrogen (secondary N) is 1. The number of anilines is 1. The number of aryl methyl sites for hydroxylation is 1. The third kappa shape index (κ3) is 9.25. The second kappa shape index (κ2) is 11.1. The maximum absolute atomic E-state index is 12.4. The molecule has 0 heterocycles. The van der Waals surface area contributed by atoms with Crippen LogP contribution < -0.4 is 20.5 Å². The Balaban J connectivity index is 0.00000420. The van der Waals surface area contributed by atoms with E-state index < -0.39 is 12.8 Å². The number of rotatable bonds is 7. The molecular weight excluding hydrogens is 498 g/mol. The Hall–Kier alpha value is -2.17. The second-order valence-corrected chi connectivity index (χ2v) is 6.53. The van der Waals surface area contributed by atoms with Gasteiger partial charge in [0, 0.05) is 11.3 Å². The summed E-state index contributed by atoms with van der Waals surface area (Å²) < 4.78 is 47.8. The first-order chi connectivity index (χ1) is 13.1. The summed E-state index contributed by atoms with van der Waals surface area (Å²) in [6.45, 7) is 4.38. The molecule has 0 fully saturated rings. The molecule has 0 aromatic heterocycles. The third-order valence-corrected chi connectivity index (χ3v) is 3.53. The van der Waals surface area contributed by atoms with Crippen molar-refractivity contribution < 1.29 is 22.6 Å². The molecular formula is C20H25F3IN3O2. The highest BCUT2D eigenvalue weighted by atomic mass is 127. The minimum Gasteiger partial charge on any atom is -0.491 e. The average molecular weight is 523 g/mol. The van der Waals surface area contributed by atoms with Gasteiger partial charge in [0.25, 0.3) is 0 Å². The fourth-order valence-electron chi connectivity index (χ4n) is 2.33. The number of nitrogens with zero attached hydrogens (tertiary/aromatic N) is 1. The lowest BCUT2D eigenvalue weighted by atomic mass is 10.1. The Morgan fingerprint density at radius 1 is 1.14 bits per heavy atom. The number of aliphatic imine (C=N–C) groups is 1. The van der Waals surface area contributed by atoms with Gasteiger partial charge in [-0.2, -0.15) is 13.2 Å². The molecule has 29 heavy (non-hydrogen) atoms. The van der Waals surface area contributed by atoms with Gasteiger partial charge in [0.15, 0.2) is 12.6 Å². The molecule has 0 unspecified atom stereocenters. The minimum atomic E-state index is -4.41. The van der Waals surface area contributed by atoms with Gasteiger partial charge in [-0.1, -0.05) is 12.1 Å². The minimum absolute atomic E-state index is 0. The molecule has 0 aliphatic heterocycles. The molecule has 0 bridgehead atoms. The Morgan fingerprint density at radius 2 is 1.79 bits per heavy atom. The zero-order valence-corrected chi connectivity index (χ0v) is 18.7. The van der Waals surface area contributed by atoms with Crippen molar-refractivity contribution in [2.24, 2.45) is 10.7 Å². The molecule has 0 aliphatic carbocycles. The summed E-state index contributed by atoms with van der Waals surface area (Å²) in [5.41, 5.74) is 7.91. The van der Waals surface area contributed by atoms with E-state index >= 15 is 0 Å². The van der Waals surface area contributed by atoms with Crippen LogP contribution in [0.4, 0.5) is 18.9 Å². The zero-order chi connectivity index (χ0) is 20.7. The molecule has 2 rings (SSSR count). The van der Waals surface area contributed by atoms with Crippen LogP contribution in [0.5, 0.6) is 11.5 Å². The maximum Gasteiger partial charge on any atom is 0.422 e. The van der Waals surface area contributed by atoms with Gasteiger partial charge in [-0.3, -0.25) is 0 Å². The monoisotopic (exact) mass is 523 g/mol. The van der Waals surface area contributed by atoms with Crippen LogP contribution in [-0.4, -0.2) is 24.8 Å². The molecule has 0 amide bonds. The maximum atomic E-state index is 12.4. The molecule has 0 aliphatic rings. The van der Waals surface area contributed by atoms with Gasteiger partial charge < -0.3 is 20.5 Å². The fourth-order valence-corrected chi connectivity index (χ4v) is 2.33. The van der Waals surface area contributed by atoms with Crippen molar-refractivity contribution in [2.75, 3.05) is 11.9 Å². The summed E-state index contributed by atoms with van der Waals surface area (Å²) in [5.74, 6) is 1.02. The van der Waals surface area contributed by atoms with E-state index in [-0.39, 0.29) is 48.3 Å². The standard InChI is InChI=1S/C20H24F3N3O2.HI/c1-13(2)28-17-8-6-16(7-9-17)26-19(24)25-11-15-5-4-14(3)10-18(15)27-12-20(21,22)23;/h4-10,13H,11-12H2,1-3H3,(H3,24,25,26);1H.